The van der Waals surface area contributed by atoms with E-state index in [2.05, 4.69) is 39.9 Å². The number of hydrogen-bond acceptors (Lipinski definition) is 5. The summed E-state index contributed by atoms with van der Waals surface area (Å²) in [6.45, 7) is 11.0. The smallest absolute Gasteiger partial charge is 0.194 e. The Morgan fingerprint density at radius 3 is 2.32 bits per heavy atom. The first-order valence-electron chi connectivity index (χ1n) is 9.30. The molecule has 2 aromatic rings. The van der Waals surface area contributed by atoms with Crippen LogP contribution in [0.3, 0.4) is 0 Å². The summed E-state index contributed by atoms with van der Waals surface area (Å²) in [4.78, 5) is 0. The van der Waals surface area contributed by atoms with Crippen LogP contribution in [0.4, 0.5) is 5.69 Å². The summed E-state index contributed by atoms with van der Waals surface area (Å²) in [6.07, 6.45) is -0.715. The molecule has 2 aromatic carbocycles. The van der Waals surface area contributed by atoms with Crippen molar-refractivity contribution in [1.29, 1.82) is 5.26 Å². The molecule has 28 heavy (non-hydrogen) atoms. The standard InChI is InChI=1S/C22H30N2O3Si/c1-22(2,3)28(5,6)27-20(14-23)17-12-18(24)21(25-4)19(13-17)26-15-16-10-8-7-9-11-16/h7-13,20H,15,24H2,1-6H3. The average molecular weight is 399 g/mol. The predicted molar refractivity (Wildman–Crippen MR) is 115 cm³/mol. The van der Waals surface area contributed by atoms with Crippen LogP contribution in [0.1, 0.15) is 38.0 Å². The van der Waals surface area contributed by atoms with E-state index in [-0.39, 0.29) is 5.04 Å². The van der Waals surface area contributed by atoms with Gasteiger partial charge < -0.3 is 19.6 Å². The van der Waals surface area contributed by atoms with Crippen molar-refractivity contribution < 1.29 is 13.9 Å². The Kier molecular flexibility index (Phi) is 6.76. The lowest BCUT2D eigenvalue weighted by Crippen LogP contribution is -2.41. The third-order valence-electron chi connectivity index (χ3n) is 5.19. The van der Waals surface area contributed by atoms with Gasteiger partial charge in [0.25, 0.3) is 0 Å². The van der Waals surface area contributed by atoms with Crippen molar-refractivity contribution in [1.82, 2.24) is 0 Å². The van der Waals surface area contributed by atoms with Crippen LogP contribution in [0.15, 0.2) is 42.5 Å². The molecule has 0 heterocycles. The predicted octanol–water partition coefficient (Wildman–Crippen LogP) is 5.44. The van der Waals surface area contributed by atoms with Crippen molar-refractivity contribution in [2.24, 2.45) is 0 Å². The monoisotopic (exact) mass is 398 g/mol. The molecule has 5 nitrogen and oxygen atoms in total. The number of nitrogens with zero attached hydrogens (tertiary/aromatic N) is 1. The fourth-order valence-electron chi connectivity index (χ4n) is 2.50. The average Bonchev–Trinajstić information content (AvgIpc) is 2.64. The van der Waals surface area contributed by atoms with E-state index < -0.39 is 14.4 Å². The van der Waals surface area contributed by atoms with Crippen molar-refractivity contribution >= 4 is 14.0 Å². The molecule has 0 aliphatic carbocycles. The summed E-state index contributed by atoms with van der Waals surface area (Å²) in [5.74, 6) is 0.962. The minimum absolute atomic E-state index is 0.00719. The number of rotatable bonds is 7. The molecule has 150 valence electrons. The van der Waals surface area contributed by atoms with Gasteiger partial charge in [-0.2, -0.15) is 5.26 Å². The van der Waals surface area contributed by atoms with E-state index in [1.807, 2.05) is 30.3 Å². The molecule has 2 rings (SSSR count). The fraction of sp³-hybridized carbons (Fsp3) is 0.409. The van der Waals surface area contributed by atoms with Crippen molar-refractivity contribution in [3.05, 3.63) is 53.6 Å². The second-order valence-corrected chi connectivity index (χ2v) is 13.1. The maximum atomic E-state index is 9.76. The Balaban J connectivity index is 2.34. The number of methoxy groups -OCH3 is 1. The summed E-state index contributed by atoms with van der Waals surface area (Å²) >= 11 is 0. The lowest BCUT2D eigenvalue weighted by Gasteiger charge is -2.37. The van der Waals surface area contributed by atoms with E-state index in [1.165, 1.54) is 0 Å². The summed E-state index contributed by atoms with van der Waals surface area (Å²) in [7, 11) is -0.585. The number of ether oxygens (including phenoxy) is 2. The summed E-state index contributed by atoms with van der Waals surface area (Å²) in [6, 6.07) is 15.6. The summed E-state index contributed by atoms with van der Waals surface area (Å²) < 4.78 is 17.7. The second kappa shape index (κ2) is 8.68. The summed E-state index contributed by atoms with van der Waals surface area (Å²) in [5, 5.41) is 9.75. The van der Waals surface area contributed by atoms with Crippen LogP contribution in [-0.2, 0) is 11.0 Å². The van der Waals surface area contributed by atoms with E-state index in [9.17, 15) is 5.26 Å². The van der Waals surface area contributed by atoms with Crippen LogP contribution in [0.2, 0.25) is 18.1 Å². The molecule has 1 atom stereocenters. The molecule has 0 aliphatic rings. The van der Waals surface area contributed by atoms with Crippen LogP contribution in [0.25, 0.3) is 0 Å². The van der Waals surface area contributed by atoms with Gasteiger partial charge in [-0.15, -0.1) is 0 Å². The highest BCUT2D eigenvalue weighted by Crippen LogP contribution is 2.42. The molecule has 0 saturated heterocycles. The SMILES string of the molecule is COc1c(N)cc(C(C#N)O[Si](C)(C)C(C)(C)C)cc1OCc1ccccc1. The molecule has 0 aromatic heterocycles. The third kappa shape index (κ3) is 5.06. The van der Waals surface area contributed by atoms with Gasteiger partial charge in [-0.1, -0.05) is 51.1 Å². The lowest BCUT2D eigenvalue weighted by molar-refractivity contribution is 0.234. The number of benzene rings is 2. The third-order valence-corrected chi connectivity index (χ3v) is 9.62. The molecular weight excluding hydrogens is 368 g/mol. The van der Waals surface area contributed by atoms with Crippen LogP contribution in [0.5, 0.6) is 11.5 Å². The number of nitriles is 1. The Bertz CT molecular complexity index is 839. The highest BCUT2D eigenvalue weighted by molar-refractivity contribution is 6.74. The van der Waals surface area contributed by atoms with E-state index >= 15 is 0 Å². The normalized spacial score (nSPS) is 12.9. The highest BCUT2D eigenvalue weighted by Gasteiger charge is 2.39. The molecule has 0 bridgehead atoms. The molecule has 0 radical (unpaired) electrons. The number of hydrogen-bond donors (Lipinski definition) is 1. The van der Waals surface area contributed by atoms with Gasteiger partial charge >= 0.3 is 0 Å². The van der Waals surface area contributed by atoms with Gasteiger partial charge in [-0.25, -0.2) is 0 Å². The maximum absolute atomic E-state index is 9.76. The Hall–Kier alpha value is -2.49. The number of anilines is 1. The minimum Gasteiger partial charge on any atom is -0.491 e. The van der Waals surface area contributed by atoms with Gasteiger partial charge in [0.05, 0.1) is 18.9 Å². The fourth-order valence-corrected chi connectivity index (χ4v) is 3.63. The maximum Gasteiger partial charge on any atom is 0.194 e. The van der Waals surface area contributed by atoms with E-state index in [0.717, 1.165) is 5.56 Å². The van der Waals surface area contributed by atoms with Gasteiger partial charge in [0.15, 0.2) is 25.9 Å². The summed E-state index contributed by atoms with van der Waals surface area (Å²) in [5.41, 5.74) is 8.31. The second-order valence-electron chi connectivity index (χ2n) is 8.30. The van der Waals surface area contributed by atoms with E-state index in [1.54, 1.807) is 19.2 Å². The molecule has 0 aliphatic heterocycles. The highest BCUT2D eigenvalue weighted by atomic mass is 28.4. The minimum atomic E-state index is -2.13. The van der Waals surface area contributed by atoms with Crippen LogP contribution in [0, 0.1) is 11.3 Å². The van der Waals surface area contributed by atoms with E-state index in [4.69, 9.17) is 19.6 Å². The van der Waals surface area contributed by atoms with Crippen molar-refractivity contribution in [2.75, 3.05) is 12.8 Å². The molecule has 0 fully saturated rings. The first-order valence-corrected chi connectivity index (χ1v) is 12.2. The zero-order valence-electron chi connectivity index (χ0n) is 17.6. The Labute approximate surface area is 169 Å². The largest absolute Gasteiger partial charge is 0.491 e. The topological polar surface area (TPSA) is 77.5 Å². The van der Waals surface area contributed by atoms with Crippen LogP contribution < -0.4 is 15.2 Å². The molecule has 0 amide bonds. The molecule has 0 spiro atoms. The Morgan fingerprint density at radius 1 is 1.14 bits per heavy atom. The van der Waals surface area contributed by atoms with Crippen LogP contribution >= 0.6 is 0 Å². The first kappa shape index (κ1) is 21.8. The molecular formula is C22H30N2O3Si. The van der Waals surface area contributed by atoms with Gasteiger partial charge in [0, 0.05) is 0 Å². The molecule has 0 saturated carbocycles. The van der Waals surface area contributed by atoms with Gasteiger partial charge in [0.1, 0.15) is 6.61 Å². The van der Waals surface area contributed by atoms with Crippen molar-refractivity contribution in [3.8, 4) is 17.6 Å². The molecule has 6 heteroatoms. The van der Waals surface area contributed by atoms with Crippen LogP contribution in [-0.4, -0.2) is 15.4 Å². The lowest BCUT2D eigenvalue weighted by atomic mass is 10.1. The first-order chi connectivity index (χ1) is 13.1. The van der Waals surface area contributed by atoms with Gasteiger partial charge in [-0.3, -0.25) is 0 Å². The molecule has 1 unspecified atom stereocenters. The Morgan fingerprint density at radius 2 is 1.79 bits per heavy atom. The number of nitrogen functional groups attached to an aromatic ring is 1. The van der Waals surface area contributed by atoms with Gasteiger partial charge in [-0.05, 0) is 41.4 Å². The van der Waals surface area contributed by atoms with Crippen molar-refractivity contribution in [2.45, 2.75) is 51.6 Å². The number of nitrogens with two attached hydrogens (primary N) is 1. The quantitative estimate of drug-likeness (QED) is 0.496. The van der Waals surface area contributed by atoms with Gasteiger partial charge in [0.2, 0.25) is 0 Å². The van der Waals surface area contributed by atoms with E-state index in [0.29, 0.717) is 29.4 Å². The van der Waals surface area contributed by atoms with Crippen molar-refractivity contribution in [3.63, 3.8) is 0 Å². The zero-order valence-corrected chi connectivity index (χ0v) is 18.6. The molecule has 2 N–H and O–H groups in total. The zero-order chi connectivity index (χ0) is 20.9.